The summed E-state index contributed by atoms with van der Waals surface area (Å²) in [5.74, 6) is 0.0480. The molecular formula is C14H18ClIN2O. The predicted molar refractivity (Wildman–Crippen MR) is 86.4 cm³/mol. The first-order valence-electron chi connectivity index (χ1n) is 6.31. The van der Waals surface area contributed by atoms with Crippen LogP contribution in [0.2, 0.25) is 5.02 Å². The van der Waals surface area contributed by atoms with Gasteiger partial charge in [-0.1, -0.05) is 25.4 Å². The molecule has 1 aliphatic heterocycles. The first-order chi connectivity index (χ1) is 8.81. The number of nitrogens with two attached hydrogens (primary N) is 1. The van der Waals surface area contributed by atoms with Crippen LogP contribution < -0.4 is 5.73 Å². The zero-order valence-corrected chi connectivity index (χ0v) is 14.0. The van der Waals surface area contributed by atoms with E-state index in [0.717, 1.165) is 9.99 Å². The number of carbonyl (C=O) groups is 1. The van der Waals surface area contributed by atoms with Gasteiger partial charge in [0.2, 0.25) is 0 Å². The highest BCUT2D eigenvalue weighted by molar-refractivity contribution is 14.1. The van der Waals surface area contributed by atoms with Crippen molar-refractivity contribution in [3.8, 4) is 0 Å². The number of hydrogen-bond acceptors (Lipinski definition) is 2. The fourth-order valence-corrected chi connectivity index (χ4v) is 3.12. The quantitative estimate of drug-likeness (QED) is 0.746. The lowest BCUT2D eigenvalue weighted by Gasteiger charge is -2.42. The maximum absolute atomic E-state index is 12.6. The number of halogens is 2. The van der Waals surface area contributed by atoms with Gasteiger partial charge in [-0.3, -0.25) is 4.79 Å². The van der Waals surface area contributed by atoms with Crippen LogP contribution >= 0.6 is 34.2 Å². The highest BCUT2D eigenvalue weighted by atomic mass is 127. The summed E-state index contributed by atoms with van der Waals surface area (Å²) >= 11 is 8.16. The molecule has 0 spiro atoms. The van der Waals surface area contributed by atoms with E-state index >= 15 is 0 Å². The van der Waals surface area contributed by atoms with Crippen LogP contribution in [0, 0.1) is 8.99 Å². The molecule has 0 aliphatic carbocycles. The number of likely N-dealkylation sites (tertiary alicyclic amines) is 1. The van der Waals surface area contributed by atoms with Gasteiger partial charge in [0.05, 0.1) is 5.56 Å². The highest BCUT2D eigenvalue weighted by Crippen LogP contribution is 2.29. The van der Waals surface area contributed by atoms with Gasteiger partial charge < -0.3 is 10.6 Å². The lowest BCUT2D eigenvalue weighted by atomic mass is 9.79. The molecule has 5 heteroatoms. The smallest absolute Gasteiger partial charge is 0.255 e. The third-order valence-corrected chi connectivity index (χ3v) is 4.93. The summed E-state index contributed by atoms with van der Waals surface area (Å²) in [6.07, 6.45) is 0.843. The lowest BCUT2D eigenvalue weighted by Crippen LogP contribution is -2.54. The molecule has 1 unspecified atom stereocenters. The molecule has 1 amide bonds. The normalized spacial score (nSPS) is 22.4. The average Bonchev–Trinajstić information content (AvgIpc) is 2.35. The predicted octanol–water partition coefficient (Wildman–Crippen LogP) is 3.14. The number of benzene rings is 1. The Labute approximate surface area is 132 Å². The molecule has 0 bridgehead atoms. The summed E-state index contributed by atoms with van der Waals surface area (Å²) < 4.78 is 0.930. The van der Waals surface area contributed by atoms with Crippen LogP contribution in [0.15, 0.2) is 18.2 Å². The fourth-order valence-electron chi connectivity index (χ4n) is 2.38. The molecule has 19 heavy (non-hydrogen) atoms. The van der Waals surface area contributed by atoms with Crippen LogP contribution in [0.3, 0.4) is 0 Å². The van der Waals surface area contributed by atoms with Gasteiger partial charge in [-0.2, -0.15) is 0 Å². The third kappa shape index (κ3) is 3.23. The number of nitrogens with zero attached hydrogens (tertiary/aromatic N) is 1. The van der Waals surface area contributed by atoms with Crippen molar-refractivity contribution in [2.45, 2.75) is 26.3 Å². The van der Waals surface area contributed by atoms with Gasteiger partial charge in [-0.15, -0.1) is 0 Å². The van der Waals surface area contributed by atoms with Crippen molar-refractivity contribution >= 4 is 40.1 Å². The van der Waals surface area contributed by atoms with E-state index in [0.29, 0.717) is 23.7 Å². The molecule has 3 nitrogen and oxygen atoms in total. The van der Waals surface area contributed by atoms with Gasteiger partial charge in [0.15, 0.2) is 0 Å². The Bertz CT molecular complexity index is 504. The molecule has 0 aromatic heterocycles. The molecule has 1 saturated heterocycles. The second-order valence-corrected chi connectivity index (χ2v) is 7.33. The molecule has 104 valence electrons. The maximum atomic E-state index is 12.6. The topological polar surface area (TPSA) is 46.3 Å². The molecule has 0 radical (unpaired) electrons. The molecule has 1 aromatic rings. The van der Waals surface area contributed by atoms with E-state index in [1.54, 1.807) is 12.1 Å². The molecule has 1 aromatic carbocycles. The summed E-state index contributed by atoms with van der Waals surface area (Å²) in [5, 5.41) is 0.594. The minimum Gasteiger partial charge on any atom is -0.338 e. The third-order valence-electron chi connectivity index (χ3n) is 3.76. The first-order valence-corrected chi connectivity index (χ1v) is 7.77. The average molecular weight is 393 g/mol. The Morgan fingerprint density at radius 1 is 1.53 bits per heavy atom. The Morgan fingerprint density at radius 2 is 2.21 bits per heavy atom. The van der Waals surface area contributed by atoms with Crippen LogP contribution in [-0.4, -0.2) is 29.9 Å². The molecule has 1 fully saturated rings. The van der Waals surface area contributed by atoms with Gasteiger partial charge in [-0.25, -0.2) is 0 Å². The van der Waals surface area contributed by atoms with Gasteiger partial charge in [0.1, 0.15) is 0 Å². The van der Waals surface area contributed by atoms with Crippen LogP contribution in [0.4, 0.5) is 0 Å². The van der Waals surface area contributed by atoms with E-state index in [9.17, 15) is 4.79 Å². The molecule has 1 heterocycles. The van der Waals surface area contributed by atoms with Crippen LogP contribution in [0.1, 0.15) is 30.6 Å². The van der Waals surface area contributed by atoms with E-state index in [1.807, 2.05) is 11.0 Å². The van der Waals surface area contributed by atoms with Gasteiger partial charge in [0.25, 0.3) is 5.91 Å². The summed E-state index contributed by atoms with van der Waals surface area (Å²) in [7, 11) is 0. The maximum Gasteiger partial charge on any atom is 0.255 e. The minimum absolute atomic E-state index is 0.0437. The van der Waals surface area contributed by atoms with Crippen molar-refractivity contribution < 1.29 is 4.79 Å². The minimum atomic E-state index is -0.0437. The van der Waals surface area contributed by atoms with E-state index in [4.69, 9.17) is 17.3 Å². The first kappa shape index (κ1) is 15.1. The van der Waals surface area contributed by atoms with Crippen molar-refractivity contribution in [1.82, 2.24) is 4.90 Å². The van der Waals surface area contributed by atoms with E-state index in [1.165, 1.54) is 0 Å². The fraction of sp³-hybridized carbons (Fsp3) is 0.500. The zero-order chi connectivity index (χ0) is 14.2. The summed E-state index contributed by atoms with van der Waals surface area (Å²) in [4.78, 5) is 14.5. The van der Waals surface area contributed by atoms with Gasteiger partial charge in [0, 0.05) is 27.7 Å². The molecule has 1 atom stereocenters. The highest BCUT2D eigenvalue weighted by Gasteiger charge is 2.35. The van der Waals surface area contributed by atoms with E-state index in [2.05, 4.69) is 36.4 Å². The summed E-state index contributed by atoms with van der Waals surface area (Å²) in [6, 6.07) is 5.57. The summed E-state index contributed by atoms with van der Waals surface area (Å²) in [5.41, 5.74) is 6.74. The molecule has 0 saturated carbocycles. The Balaban J connectivity index is 2.23. The molecule has 2 rings (SSSR count). The Hall–Kier alpha value is -0.330. The number of hydrogen-bond donors (Lipinski definition) is 1. The van der Waals surface area contributed by atoms with Crippen molar-refractivity contribution in [2.75, 3.05) is 13.1 Å². The molecular weight excluding hydrogens is 375 g/mol. The van der Waals surface area contributed by atoms with Gasteiger partial charge >= 0.3 is 0 Å². The van der Waals surface area contributed by atoms with Gasteiger partial charge in [-0.05, 0) is 52.6 Å². The van der Waals surface area contributed by atoms with E-state index in [-0.39, 0.29) is 17.4 Å². The van der Waals surface area contributed by atoms with Crippen molar-refractivity contribution in [3.63, 3.8) is 0 Å². The van der Waals surface area contributed by atoms with Crippen molar-refractivity contribution in [2.24, 2.45) is 11.1 Å². The monoisotopic (exact) mass is 392 g/mol. The Kier molecular flexibility index (Phi) is 4.42. The van der Waals surface area contributed by atoms with Crippen molar-refractivity contribution in [1.29, 1.82) is 0 Å². The molecule has 2 N–H and O–H groups in total. The van der Waals surface area contributed by atoms with Crippen LogP contribution in [0.5, 0.6) is 0 Å². The number of carbonyl (C=O) groups excluding carboxylic acids is 1. The SMILES string of the molecule is CC1(C)CN(C(=O)c2cc(Cl)ccc2I)CCC1N. The second kappa shape index (κ2) is 5.58. The van der Waals surface area contributed by atoms with Crippen LogP contribution in [0.25, 0.3) is 0 Å². The van der Waals surface area contributed by atoms with Crippen LogP contribution in [-0.2, 0) is 0 Å². The van der Waals surface area contributed by atoms with E-state index < -0.39 is 0 Å². The number of piperidine rings is 1. The number of amides is 1. The second-order valence-electron chi connectivity index (χ2n) is 5.73. The van der Waals surface area contributed by atoms with Crippen molar-refractivity contribution in [3.05, 3.63) is 32.4 Å². The largest absolute Gasteiger partial charge is 0.338 e. The zero-order valence-electron chi connectivity index (χ0n) is 11.1. The summed E-state index contributed by atoms with van der Waals surface area (Å²) in [6.45, 7) is 5.63. The number of rotatable bonds is 1. The standard InChI is InChI=1S/C14H18ClIN2O/c1-14(2)8-18(6-5-12(14)17)13(19)10-7-9(15)3-4-11(10)16/h3-4,7,12H,5-6,8,17H2,1-2H3. The molecule has 1 aliphatic rings. The lowest BCUT2D eigenvalue weighted by molar-refractivity contribution is 0.0532. The Morgan fingerprint density at radius 3 is 2.84 bits per heavy atom.